The summed E-state index contributed by atoms with van der Waals surface area (Å²) in [5.74, 6) is 0.553. The van der Waals surface area contributed by atoms with Crippen molar-refractivity contribution in [1.29, 1.82) is 0 Å². The zero-order chi connectivity index (χ0) is 24.8. The summed E-state index contributed by atoms with van der Waals surface area (Å²) in [7, 11) is 3.26. The van der Waals surface area contributed by atoms with Crippen LogP contribution in [-0.2, 0) is 14.2 Å². The molecule has 4 rings (SSSR count). The molecule has 10 heteroatoms. The summed E-state index contributed by atoms with van der Waals surface area (Å²) in [4.78, 5) is 24.2. The van der Waals surface area contributed by atoms with Gasteiger partial charge in [0, 0.05) is 51.0 Å². The topological polar surface area (TPSA) is 107 Å². The molecule has 0 aliphatic carbocycles. The Balaban J connectivity index is 1.36. The van der Waals surface area contributed by atoms with Crippen molar-refractivity contribution in [2.24, 2.45) is 0 Å². The van der Waals surface area contributed by atoms with Crippen LogP contribution in [0.4, 0.5) is 5.82 Å². The van der Waals surface area contributed by atoms with Crippen LogP contribution in [0.15, 0.2) is 0 Å². The van der Waals surface area contributed by atoms with Gasteiger partial charge in [0.1, 0.15) is 11.5 Å². The fourth-order valence-corrected chi connectivity index (χ4v) is 5.26. The summed E-state index contributed by atoms with van der Waals surface area (Å²) in [5, 5.41) is 7.12. The van der Waals surface area contributed by atoms with Gasteiger partial charge in [0.25, 0.3) is 5.91 Å². The molecule has 0 saturated carbocycles. The highest BCUT2D eigenvalue weighted by atomic mass is 16.5. The maximum Gasteiger partial charge on any atom is 0.318 e. The molecule has 1 aromatic heterocycles. The quantitative estimate of drug-likeness (QED) is 0.566. The largest absolute Gasteiger partial charge is 0.467 e. The van der Waals surface area contributed by atoms with Crippen molar-refractivity contribution in [3.05, 3.63) is 11.3 Å². The maximum atomic E-state index is 13.5. The van der Waals surface area contributed by atoms with Gasteiger partial charge >= 0.3 is 6.01 Å². The summed E-state index contributed by atoms with van der Waals surface area (Å²) in [6.45, 7) is 7.39. The van der Waals surface area contributed by atoms with Crippen LogP contribution in [0, 0.1) is 6.92 Å². The second-order valence-electron chi connectivity index (χ2n) is 9.89. The standard InChI is InChI=1S/C25H41N5O5/c1-16-6-5-7-19(35-16)14-26-23-17(2)22(28-25(29-23)33-4)24(31)30-11-8-18(9-12-30)27-20-10-13-34-15-21(20)32-3/h16,18-21,27H,5-15H2,1-4H3,(H,26,28,29)/t16-,19-,20-,21+/m1/s1. The van der Waals surface area contributed by atoms with Crippen molar-refractivity contribution in [3.8, 4) is 6.01 Å². The maximum absolute atomic E-state index is 13.5. The zero-order valence-corrected chi connectivity index (χ0v) is 21.5. The molecule has 0 radical (unpaired) electrons. The molecule has 1 amide bonds. The predicted octanol–water partition coefficient (Wildman–Crippen LogP) is 2.16. The minimum absolute atomic E-state index is 0.0759. The van der Waals surface area contributed by atoms with E-state index in [2.05, 4.69) is 27.5 Å². The molecule has 4 atom stereocenters. The van der Waals surface area contributed by atoms with E-state index in [1.165, 1.54) is 7.11 Å². The van der Waals surface area contributed by atoms with Crippen molar-refractivity contribution >= 4 is 11.7 Å². The number of methoxy groups -OCH3 is 2. The van der Waals surface area contributed by atoms with Gasteiger partial charge in [-0.3, -0.25) is 4.79 Å². The van der Waals surface area contributed by atoms with Gasteiger partial charge in [-0.2, -0.15) is 9.97 Å². The van der Waals surface area contributed by atoms with Crippen molar-refractivity contribution in [2.75, 3.05) is 52.4 Å². The Morgan fingerprint density at radius 2 is 1.94 bits per heavy atom. The number of aromatic nitrogens is 2. The van der Waals surface area contributed by atoms with Gasteiger partial charge in [0.15, 0.2) is 0 Å². The molecule has 3 aliphatic heterocycles. The summed E-state index contributed by atoms with van der Waals surface area (Å²) in [5.41, 5.74) is 1.14. The number of amides is 1. The smallest absolute Gasteiger partial charge is 0.318 e. The van der Waals surface area contributed by atoms with Gasteiger partial charge in [-0.25, -0.2) is 0 Å². The Labute approximate surface area is 208 Å². The second-order valence-corrected chi connectivity index (χ2v) is 9.89. The van der Waals surface area contributed by atoms with E-state index in [0.717, 1.165) is 50.7 Å². The minimum atomic E-state index is -0.0759. The Morgan fingerprint density at radius 3 is 2.66 bits per heavy atom. The fourth-order valence-electron chi connectivity index (χ4n) is 5.26. The molecule has 3 saturated heterocycles. The van der Waals surface area contributed by atoms with Crippen LogP contribution in [0.25, 0.3) is 0 Å². The fraction of sp³-hybridized carbons (Fsp3) is 0.800. The first-order valence-corrected chi connectivity index (χ1v) is 13.0. The van der Waals surface area contributed by atoms with Crippen LogP contribution >= 0.6 is 0 Å². The third kappa shape index (κ3) is 6.61. The third-order valence-electron chi connectivity index (χ3n) is 7.41. The van der Waals surface area contributed by atoms with Gasteiger partial charge < -0.3 is 34.5 Å². The van der Waals surface area contributed by atoms with Crippen LogP contribution < -0.4 is 15.4 Å². The van der Waals surface area contributed by atoms with Gasteiger partial charge in [-0.1, -0.05) is 0 Å². The summed E-state index contributed by atoms with van der Waals surface area (Å²) < 4.78 is 22.5. The molecule has 3 fully saturated rings. The van der Waals surface area contributed by atoms with Crippen molar-refractivity contribution in [1.82, 2.24) is 20.2 Å². The minimum Gasteiger partial charge on any atom is -0.467 e. The average Bonchev–Trinajstić information content (AvgIpc) is 2.88. The molecule has 3 aliphatic rings. The molecule has 0 spiro atoms. The Hall–Kier alpha value is -2.01. The lowest BCUT2D eigenvalue weighted by molar-refractivity contribution is -0.0533. The SMILES string of the molecule is COc1nc(NC[C@H]2CCC[C@@H](C)O2)c(C)c(C(=O)N2CCC(N[C@@H]3CCOC[C@@H]3OC)CC2)n1. The van der Waals surface area contributed by atoms with Crippen LogP contribution in [0.2, 0.25) is 0 Å². The molecule has 0 aromatic carbocycles. The number of hydrogen-bond donors (Lipinski definition) is 2. The summed E-state index contributed by atoms with van der Waals surface area (Å²) in [6.07, 6.45) is 6.50. The number of rotatable bonds is 8. The van der Waals surface area contributed by atoms with E-state index in [0.29, 0.717) is 49.8 Å². The van der Waals surface area contributed by atoms with Crippen molar-refractivity contribution in [2.45, 2.75) is 82.8 Å². The Kier molecular flexibility index (Phi) is 9.16. The molecule has 196 valence electrons. The number of nitrogens with one attached hydrogen (secondary N) is 2. The number of piperidine rings is 1. The number of ether oxygens (including phenoxy) is 4. The van der Waals surface area contributed by atoms with Crippen molar-refractivity contribution < 1.29 is 23.7 Å². The highest BCUT2D eigenvalue weighted by Crippen LogP contribution is 2.24. The number of carbonyl (C=O) groups is 1. The molecule has 1 aromatic rings. The highest BCUT2D eigenvalue weighted by Gasteiger charge is 2.31. The third-order valence-corrected chi connectivity index (χ3v) is 7.41. The number of likely N-dealkylation sites (tertiary alicyclic amines) is 1. The van der Waals surface area contributed by atoms with E-state index < -0.39 is 0 Å². The van der Waals surface area contributed by atoms with Gasteiger partial charge in [0.2, 0.25) is 0 Å². The molecule has 0 unspecified atom stereocenters. The van der Waals surface area contributed by atoms with Gasteiger partial charge in [0.05, 0.1) is 32.0 Å². The average molecular weight is 492 g/mol. The van der Waals surface area contributed by atoms with Gasteiger partial charge in [-0.15, -0.1) is 0 Å². The van der Waals surface area contributed by atoms with Crippen LogP contribution in [0.1, 0.15) is 61.5 Å². The monoisotopic (exact) mass is 491 g/mol. The van der Waals surface area contributed by atoms with E-state index in [9.17, 15) is 4.79 Å². The summed E-state index contributed by atoms with van der Waals surface area (Å²) in [6, 6.07) is 0.844. The predicted molar refractivity (Wildman–Crippen MR) is 132 cm³/mol. The zero-order valence-electron chi connectivity index (χ0n) is 21.5. The van der Waals surface area contributed by atoms with E-state index in [4.69, 9.17) is 18.9 Å². The van der Waals surface area contributed by atoms with Crippen LogP contribution in [0.3, 0.4) is 0 Å². The first-order valence-electron chi connectivity index (χ1n) is 13.0. The number of carbonyl (C=O) groups excluding carboxylic acids is 1. The van der Waals surface area contributed by atoms with Crippen LogP contribution in [-0.4, -0.2) is 98.2 Å². The first kappa shape index (κ1) is 26.1. The first-order chi connectivity index (χ1) is 17.0. The summed E-state index contributed by atoms with van der Waals surface area (Å²) >= 11 is 0. The molecule has 4 heterocycles. The molecular formula is C25H41N5O5. The lowest BCUT2D eigenvalue weighted by Gasteiger charge is -2.38. The molecule has 0 bridgehead atoms. The lowest BCUT2D eigenvalue weighted by atomic mass is 9.99. The molecule has 10 nitrogen and oxygen atoms in total. The highest BCUT2D eigenvalue weighted by molar-refractivity contribution is 5.95. The molecular weight excluding hydrogens is 450 g/mol. The molecule has 2 N–H and O–H groups in total. The van der Waals surface area contributed by atoms with E-state index in [1.54, 1.807) is 7.11 Å². The van der Waals surface area contributed by atoms with Crippen LogP contribution in [0.5, 0.6) is 6.01 Å². The van der Waals surface area contributed by atoms with Crippen molar-refractivity contribution in [3.63, 3.8) is 0 Å². The van der Waals surface area contributed by atoms with E-state index >= 15 is 0 Å². The normalized spacial score (nSPS) is 28.1. The lowest BCUT2D eigenvalue weighted by Crippen LogP contribution is -2.54. The Morgan fingerprint density at radius 1 is 1.14 bits per heavy atom. The molecule has 35 heavy (non-hydrogen) atoms. The van der Waals surface area contributed by atoms with Gasteiger partial charge in [-0.05, 0) is 52.4 Å². The number of hydrogen-bond acceptors (Lipinski definition) is 9. The number of nitrogens with zero attached hydrogens (tertiary/aromatic N) is 3. The second kappa shape index (κ2) is 12.3. The van der Waals surface area contributed by atoms with E-state index in [1.807, 2.05) is 11.8 Å². The Bertz CT molecular complexity index is 848. The number of anilines is 1. The van der Waals surface area contributed by atoms with E-state index in [-0.39, 0.29) is 30.2 Å².